The first-order valence-electron chi connectivity index (χ1n) is 9.43. The van der Waals surface area contributed by atoms with Crippen molar-refractivity contribution in [3.8, 4) is 0 Å². The molecule has 2 fully saturated rings. The van der Waals surface area contributed by atoms with Gasteiger partial charge in [-0.3, -0.25) is 9.59 Å². The van der Waals surface area contributed by atoms with Crippen LogP contribution >= 0.6 is 0 Å². The summed E-state index contributed by atoms with van der Waals surface area (Å²) >= 11 is 0. The average Bonchev–Trinajstić information content (AvgIpc) is 3.06. The molecule has 0 unspecified atom stereocenters. The van der Waals surface area contributed by atoms with Crippen LogP contribution in [0.5, 0.6) is 0 Å². The Hall–Kier alpha value is -1.93. The zero-order chi connectivity index (χ0) is 19.4. The van der Waals surface area contributed by atoms with Crippen molar-refractivity contribution in [2.45, 2.75) is 32.1 Å². The fourth-order valence-electron chi connectivity index (χ4n) is 3.73. The zero-order valence-electron chi connectivity index (χ0n) is 15.7. The van der Waals surface area contributed by atoms with Crippen molar-refractivity contribution in [2.75, 3.05) is 37.3 Å². The number of carbonyl (C=O) groups is 2. The first-order chi connectivity index (χ1) is 12.8. The van der Waals surface area contributed by atoms with Gasteiger partial charge in [-0.2, -0.15) is 0 Å². The van der Waals surface area contributed by atoms with E-state index in [1.165, 1.54) is 0 Å². The third kappa shape index (κ3) is 5.52. The molecule has 0 radical (unpaired) electrons. The van der Waals surface area contributed by atoms with Gasteiger partial charge in [-0.1, -0.05) is 12.1 Å². The Kier molecular flexibility index (Phi) is 6.16. The first-order valence-corrected chi connectivity index (χ1v) is 11.3. The average molecular weight is 394 g/mol. The van der Waals surface area contributed by atoms with Gasteiger partial charge in [0.1, 0.15) is 0 Å². The molecule has 0 spiro atoms. The third-order valence-corrected chi connectivity index (χ3v) is 5.87. The highest BCUT2D eigenvalue weighted by Gasteiger charge is 2.25. The van der Waals surface area contributed by atoms with E-state index < -0.39 is 10.0 Å². The normalized spacial score (nSPS) is 20.9. The quantitative estimate of drug-likeness (QED) is 0.785. The molecule has 7 nitrogen and oxygen atoms in total. The maximum Gasteiger partial charge on any atom is 0.227 e. The van der Waals surface area contributed by atoms with E-state index >= 15 is 0 Å². The van der Waals surface area contributed by atoms with Crippen molar-refractivity contribution in [3.63, 3.8) is 0 Å². The Labute approximate surface area is 160 Å². The first kappa shape index (κ1) is 19.8. The SMILES string of the molecule is CS(=O)(=O)NC[C@@H]1CCCN(C(=O)Cc2ccc(N3CCCC3=O)cc2)C1. The van der Waals surface area contributed by atoms with E-state index in [2.05, 4.69) is 4.72 Å². The second-order valence-electron chi connectivity index (χ2n) is 7.46. The smallest absolute Gasteiger partial charge is 0.227 e. The molecule has 1 aromatic rings. The molecule has 2 aliphatic rings. The van der Waals surface area contributed by atoms with Crippen LogP contribution in [0.4, 0.5) is 5.69 Å². The summed E-state index contributed by atoms with van der Waals surface area (Å²) in [4.78, 5) is 28.1. The van der Waals surface area contributed by atoms with E-state index in [0.717, 1.165) is 43.3 Å². The predicted octanol–water partition coefficient (Wildman–Crippen LogP) is 1.14. The standard InChI is InChI=1S/C19H27N3O4S/c1-27(25,26)20-13-16-4-2-10-21(14-16)19(24)12-15-6-8-17(9-7-15)22-11-3-5-18(22)23/h6-9,16,20H,2-5,10-14H2,1H3/t16-/m0/s1. The topological polar surface area (TPSA) is 86.8 Å². The van der Waals surface area contributed by atoms with E-state index in [1.54, 1.807) is 4.90 Å². The second-order valence-corrected chi connectivity index (χ2v) is 9.29. The molecular formula is C19H27N3O4S. The summed E-state index contributed by atoms with van der Waals surface area (Å²) in [6, 6.07) is 7.62. The molecule has 8 heteroatoms. The molecule has 3 rings (SSSR count). The lowest BCUT2D eigenvalue weighted by Gasteiger charge is -2.33. The number of benzene rings is 1. The number of hydrogen-bond acceptors (Lipinski definition) is 4. The largest absolute Gasteiger partial charge is 0.342 e. The minimum atomic E-state index is -3.21. The molecule has 1 N–H and O–H groups in total. The van der Waals surface area contributed by atoms with Crippen molar-refractivity contribution >= 4 is 27.5 Å². The van der Waals surface area contributed by atoms with Crippen molar-refractivity contribution in [1.29, 1.82) is 0 Å². The van der Waals surface area contributed by atoms with Gasteiger partial charge in [0, 0.05) is 38.3 Å². The zero-order valence-corrected chi connectivity index (χ0v) is 16.5. The van der Waals surface area contributed by atoms with E-state index in [4.69, 9.17) is 0 Å². The summed E-state index contributed by atoms with van der Waals surface area (Å²) < 4.78 is 25.1. The van der Waals surface area contributed by atoms with Gasteiger partial charge in [0.25, 0.3) is 0 Å². The Balaban J connectivity index is 1.54. The number of nitrogens with zero attached hydrogens (tertiary/aromatic N) is 2. The van der Waals surface area contributed by atoms with Gasteiger partial charge in [0.15, 0.2) is 0 Å². The van der Waals surface area contributed by atoms with Crippen molar-refractivity contribution < 1.29 is 18.0 Å². The highest BCUT2D eigenvalue weighted by molar-refractivity contribution is 7.88. The lowest BCUT2D eigenvalue weighted by Crippen LogP contribution is -2.44. The fraction of sp³-hybridized carbons (Fsp3) is 0.579. The van der Waals surface area contributed by atoms with Crippen LogP contribution in [0.15, 0.2) is 24.3 Å². The molecule has 2 amide bonds. The molecule has 1 aromatic carbocycles. The number of likely N-dealkylation sites (tertiary alicyclic amines) is 1. The summed E-state index contributed by atoms with van der Waals surface area (Å²) in [5.41, 5.74) is 1.81. The lowest BCUT2D eigenvalue weighted by molar-refractivity contribution is -0.132. The van der Waals surface area contributed by atoms with Crippen molar-refractivity contribution in [3.05, 3.63) is 29.8 Å². The molecule has 2 heterocycles. The van der Waals surface area contributed by atoms with E-state index in [0.29, 0.717) is 32.5 Å². The van der Waals surface area contributed by atoms with E-state index in [1.807, 2.05) is 29.2 Å². The molecule has 2 aliphatic heterocycles. The highest BCUT2D eigenvalue weighted by atomic mass is 32.2. The molecule has 0 bridgehead atoms. The van der Waals surface area contributed by atoms with Gasteiger partial charge in [-0.25, -0.2) is 13.1 Å². The molecular weight excluding hydrogens is 366 g/mol. The molecule has 1 atom stereocenters. The predicted molar refractivity (Wildman–Crippen MR) is 104 cm³/mol. The van der Waals surface area contributed by atoms with Crippen LogP contribution in [-0.2, 0) is 26.0 Å². The van der Waals surface area contributed by atoms with Gasteiger partial charge >= 0.3 is 0 Å². The molecule has 0 saturated carbocycles. The van der Waals surface area contributed by atoms with Crippen LogP contribution in [0.3, 0.4) is 0 Å². The summed E-state index contributed by atoms with van der Waals surface area (Å²) in [6.45, 7) is 2.44. The molecule has 148 valence electrons. The van der Waals surface area contributed by atoms with Crippen LogP contribution in [0.2, 0.25) is 0 Å². The van der Waals surface area contributed by atoms with E-state index in [9.17, 15) is 18.0 Å². The van der Waals surface area contributed by atoms with Crippen molar-refractivity contribution in [1.82, 2.24) is 9.62 Å². The monoisotopic (exact) mass is 393 g/mol. The van der Waals surface area contributed by atoms with E-state index in [-0.39, 0.29) is 17.7 Å². The number of rotatable bonds is 6. The Morgan fingerprint density at radius 3 is 2.56 bits per heavy atom. The minimum Gasteiger partial charge on any atom is -0.342 e. The Morgan fingerprint density at radius 1 is 1.19 bits per heavy atom. The summed E-state index contributed by atoms with van der Waals surface area (Å²) in [5, 5.41) is 0. The Morgan fingerprint density at radius 2 is 1.93 bits per heavy atom. The van der Waals surface area contributed by atoms with Crippen LogP contribution < -0.4 is 9.62 Å². The molecule has 2 saturated heterocycles. The molecule has 0 aliphatic carbocycles. The summed E-state index contributed by atoms with van der Waals surface area (Å²) in [5.74, 6) is 0.367. The van der Waals surface area contributed by atoms with Gasteiger partial charge in [-0.05, 0) is 42.9 Å². The number of amides is 2. The minimum absolute atomic E-state index is 0.0593. The molecule has 27 heavy (non-hydrogen) atoms. The van der Waals surface area contributed by atoms with Crippen LogP contribution in [-0.4, -0.2) is 57.6 Å². The maximum absolute atomic E-state index is 12.6. The highest BCUT2D eigenvalue weighted by Crippen LogP contribution is 2.22. The summed E-state index contributed by atoms with van der Waals surface area (Å²) in [6.07, 6.45) is 4.77. The second kappa shape index (κ2) is 8.39. The number of hydrogen-bond donors (Lipinski definition) is 1. The van der Waals surface area contributed by atoms with Crippen LogP contribution in [0.1, 0.15) is 31.2 Å². The molecule has 0 aromatic heterocycles. The third-order valence-electron chi connectivity index (χ3n) is 5.18. The fourth-order valence-corrected chi connectivity index (χ4v) is 4.27. The summed E-state index contributed by atoms with van der Waals surface area (Å²) in [7, 11) is -3.21. The van der Waals surface area contributed by atoms with Gasteiger partial charge in [-0.15, -0.1) is 0 Å². The number of carbonyl (C=O) groups excluding carboxylic acids is 2. The lowest BCUT2D eigenvalue weighted by atomic mass is 9.97. The van der Waals surface area contributed by atoms with Crippen LogP contribution in [0, 0.1) is 5.92 Å². The van der Waals surface area contributed by atoms with Gasteiger partial charge < -0.3 is 9.80 Å². The maximum atomic E-state index is 12.6. The Bertz CT molecular complexity index is 792. The van der Waals surface area contributed by atoms with Crippen molar-refractivity contribution in [2.24, 2.45) is 5.92 Å². The number of sulfonamides is 1. The van der Waals surface area contributed by atoms with Gasteiger partial charge in [0.2, 0.25) is 21.8 Å². The number of nitrogens with one attached hydrogen (secondary N) is 1. The number of anilines is 1. The van der Waals surface area contributed by atoms with Gasteiger partial charge in [0.05, 0.1) is 12.7 Å². The number of piperidine rings is 1. The van der Waals surface area contributed by atoms with Crippen LogP contribution in [0.25, 0.3) is 0 Å².